The fourth-order valence-electron chi connectivity index (χ4n) is 3.98. The quantitative estimate of drug-likeness (QED) is 0.845. The van der Waals surface area contributed by atoms with E-state index in [1.165, 1.54) is 5.56 Å². The lowest BCUT2D eigenvalue weighted by Gasteiger charge is -2.33. The Morgan fingerprint density at radius 3 is 2.76 bits per heavy atom. The van der Waals surface area contributed by atoms with Crippen LogP contribution < -0.4 is 10.6 Å². The predicted molar refractivity (Wildman–Crippen MR) is 103 cm³/mol. The summed E-state index contributed by atoms with van der Waals surface area (Å²) < 4.78 is 0. The van der Waals surface area contributed by atoms with Crippen molar-refractivity contribution in [3.63, 3.8) is 0 Å². The summed E-state index contributed by atoms with van der Waals surface area (Å²) in [5.74, 6) is 1.05. The third-order valence-electron chi connectivity index (χ3n) is 5.62. The van der Waals surface area contributed by atoms with Crippen molar-refractivity contribution < 1.29 is 4.79 Å². The first-order valence-corrected chi connectivity index (χ1v) is 9.96. The van der Waals surface area contributed by atoms with Gasteiger partial charge in [-0.3, -0.25) is 9.69 Å². The Labute approximate surface area is 156 Å². The molecule has 1 aromatic carbocycles. The van der Waals surface area contributed by atoms with E-state index in [0.29, 0.717) is 12.0 Å². The molecular weight excluding hydrogens is 334 g/mol. The highest BCUT2D eigenvalue weighted by molar-refractivity contribution is 6.31. The van der Waals surface area contributed by atoms with Gasteiger partial charge in [0.15, 0.2) is 0 Å². The summed E-state index contributed by atoms with van der Waals surface area (Å²) in [6.07, 6.45) is 4.22. The van der Waals surface area contributed by atoms with Crippen LogP contribution in [0.2, 0.25) is 5.02 Å². The number of carbonyl (C=O) groups excluding carboxylic acids is 1. The fraction of sp³-hybridized carbons (Fsp3) is 0.650. The second-order valence-corrected chi connectivity index (χ2v) is 8.04. The normalized spacial score (nSPS) is 25.7. The molecule has 1 aromatic rings. The first-order chi connectivity index (χ1) is 12.1. The largest absolute Gasteiger partial charge is 0.356 e. The van der Waals surface area contributed by atoms with Crippen LogP contribution in [-0.4, -0.2) is 43.0 Å². The second-order valence-electron chi connectivity index (χ2n) is 7.63. The summed E-state index contributed by atoms with van der Waals surface area (Å²) in [7, 11) is 0. The van der Waals surface area contributed by atoms with Crippen LogP contribution in [0, 0.1) is 11.8 Å². The van der Waals surface area contributed by atoms with Crippen LogP contribution in [0.25, 0.3) is 0 Å². The number of hydrogen-bond acceptors (Lipinski definition) is 3. The van der Waals surface area contributed by atoms with Gasteiger partial charge >= 0.3 is 0 Å². The lowest BCUT2D eigenvalue weighted by atomic mass is 9.91. The molecule has 4 nitrogen and oxygen atoms in total. The maximum Gasteiger partial charge on any atom is 0.223 e. The molecule has 2 aliphatic rings. The molecule has 0 aromatic heterocycles. The highest BCUT2D eigenvalue weighted by atomic mass is 35.5. The molecule has 0 unspecified atom stereocenters. The average Bonchev–Trinajstić information content (AvgIpc) is 2.63. The van der Waals surface area contributed by atoms with Crippen molar-refractivity contribution in [2.75, 3.05) is 26.2 Å². The number of carbonyl (C=O) groups is 1. The Morgan fingerprint density at radius 2 is 2.04 bits per heavy atom. The van der Waals surface area contributed by atoms with Gasteiger partial charge in [-0.25, -0.2) is 0 Å². The summed E-state index contributed by atoms with van der Waals surface area (Å²) >= 11 is 6.26. The van der Waals surface area contributed by atoms with Crippen LogP contribution in [-0.2, 0) is 11.3 Å². The highest BCUT2D eigenvalue weighted by Crippen LogP contribution is 2.22. The van der Waals surface area contributed by atoms with E-state index in [9.17, 15) is 4.79 Å². The van der Waals surface area contributed by atoms with Crippen LogP contribution in [0.5, 0.6) is 0 Å². The number of hydrogen-bond donors (Lipinski definition) is 2. The average molecular weight is 364 g/mol. The minimum atomic E-state index is 0.191. The van der Waals surface area contributed by atoms with Gasteiger partial charge in [0.05, 0.1) is 0 Å². The molecule has 25 heavy (non-hydrogen) atoms. The molecule has 0 aliphatic carbocycles. The topological polar surface area (TPSA) is 44.4 Å². The molecule has 5 heteroatoms. The summed E-state index contributed by atoms with van der Waals surface area (Å²) in [6.45, 7) is 7.03. The molecule has 138 valence electrons. The van der Waals surface area contributed by atoms with Crippen molar-refractivity contribution in [2.24, 2.45) is 11.8 Å². The molecular formula is C20H30ClN3O. The Hall–Kier alpha value is -1.10. The maximum absolute atomic E-state index is 12.4. The molecule has 2 heterocycles. The van der Waals surface area contributed by atoms with E-state index in [-0.39, 0.29) is 11.8 Å². The zero-order valence-electron chi connectivity index (χ0n) is 15.1. The Morgan fingerprint density at radius 1 is 1.28 bits per heavy atom. The molecule has 3 rings (SSSR count). The molecule has 2 aliphatic heterocycles. The van der Waals surface area contributed by atoms with E-state index in [4.69, 9.17) is 11.6 Å². The van der Waals surface area contributed by atoms with Gasteiger partial charge < -0.3 is 10.6 Å². The van der Waals surface area contributed by atoms with Crippen molar-refractivity contribution in [1.29, 1.82) is 0 Å². The first kappa shape index (κ1) is 18.7. The van der Waals surface area contributed by atoms with Crippen molar-refractivity contribution in [3.8, 4) is 0 Å². The number of benzene rings is 1. The van der Waals surface area contributed by atoms with Gasteiger partial charge in [0, 0.05) is 30.1 Å². The molecule has 2 fully saturated rings. The number of halogens is 1. The van der Waals surface area contributed by atoms with Crippen LogP contribution in [0.1, 0.15) is 38.2 Å². The van der Waals surface area contributed by atoms with Gasteiger partial charge in [0.25, 0.3) is 0 Å². The molecule has 0 saturated carbocycles. The first-order valence-electron chi connectivity index (χ1n) is 9.58. The van der Waals surface area contributed by atoms with E-state index in [1.54, 1.807) is 0 Å². The molecule has 0 spiro atoms. The molecule has 0 radical (unpaired) electrons. The third-order valence-corrected chi connectivity index (χ3v) is 5.99. The van der Waals surface area contributed by atoms with Gasteiger partial charge in [-0.15, -0.1) is 0 Å². The van der Waals surface area contributed by atoms with Crippen LogP contribution in [0.4, 0.5) is 0 Å². The van der Waals surface area contributed by atoms with Crippen molar-refractivity contribution in [2.45, 2.75) is 45.2 Å². The standard InChI is InChI=1S/C20H30ClN3O/c1-15-12-17(6-9-22-15)20(25)23-13-16-7-10-24(11-8-16)14-18-4-2-3-5-19(18)21/h2-5,15-17,22H,6-14H2,1H3,(H,23,25)/t15-,17-/m0/s1. The van der Waals surface area contributed by atoms with E-state index in [0.717, 1.165) is 63.4 Å². The number of nitrogens with zero attached hydrogens (tertiary/aromatic N) is 1. The predicted octanol–water partition coefficient (Wildman–Crippen LogP) is 3.06. The lowest BCUT2D eigenvalue weighted by Crippen LogP contribution is -2.44. The zero-order chi connectivity index (χ0) is 17.6. The van der Waals surface area contributed by atoms with E-state index >= 15 is 0 Å². The highest BCUT2D eigenvalue weighted by Gasteiger charge is 2.26. The molecule has 2 atom stereocenters. The molecule has 2 N–H and O–H groups in total. The van der Waals surface area contributed by atoms with Gasteiger partial charge in [-0.2, -0.15) is 0 Å². The SMILES string of the molecule is C[C@H]1C[C@@H](C(=O)NCC2CCN(Cc3ccccc3Cl)CC2)CCN1. The van der Waals surface area contributed by atoms with Gasteiger partial charge in [-0.1, -0.05) is 29.8 Å². The number of rotatable bonds is 5. The summed E-state index contributed by atoms with van der Waals surface area (Å²) in [4.78, 5) is 14.8. The van der Waals surface area contributed by atoms with Gasteiger partial charge in [0.1, 0.15) is 0 Å². The number of nitrogens with one attached hydrogen (secondary N) is 2. The van der Waals surface area contributed by atoms with E-state index in [1.807, 2.05) is 18.2 Å². The minimum Gasteiger partial charge on any atom is -0.356 e. The second kappa shape index (κ2) is 9.02. The van der Waals surface area contributed by atoms with Crippen LogP contribution in [0.3, 0.4) is 0 Å². The van der Waals surface area contributed by atoms with Crippen molar-refractivity contribution in [1.82, 2.24) is 15.5 Å². The Bertz CT molecular complexity index is 572. The van der Waals surface area contributed by atoms with Crippen molar-refractivity contribution >= 4 is 17.5 Å². The summed E-state index contributed by atoms with van der Waals surface area (Å²) in [6, 6.07) is 8.54. The maximum atomic E-state index is 12.4. The van der Waals surface area contributed by atoms with Crippen LogP contribution in [0.15, 0.2) is 24.3 Å². The molecule has 0 bridgehead atoms. The third kappa shape index (κ3) is 5.44. The van der Waals surface area contributed by atoms with E-state index < -0.39 is 0 Å². The number of likely N-dealkylation sites (tertiary alicyclic amines) is 1. The molecule has 2 saturated heterocycles. The van der Waals surface area contributed by atoms with Gasteiger partial charge in [-0.05, 0) is 69.8 Å². The Balaban J connectivity index is 1.38. The Kier molecular flexibility index (Phi) is 6.74. The van der Waals surface area contributed by atoms with Gasteiger partial charge in [0.2, 0.25) is 5.91 Å². The monoisotopic (exact) mass is 363 g/mol. The molecule has 1 amide bonds. The lowest BCUT2D eigenvalue weighted by molar-refractivity contribution is -0.126. The summed E-state index contributed by atoms with van der Waals surface area (Å²) in [5, 5.41) is 7.47. The van der Waals surface area contributed by atoms with E-state index in [2.05, 4.69) is 28.5 Å². The summed E-state index contributed by atoms with van der Waals surface area (Å²) in [5.41, 5.74) is 1.20. The fourth-order valence-corrected chi connectivity index (χ4v) is 4.17. The smallest absolute Gasteiger partial charge is 0.223 e. The number of piperidine rings is 2. The minimum absolute atomic E-state index is 0.191. The zero-order valence-corrected chi connectivity index (χ0v) is 15.9. The number of amides is 1. The van der Waals surface area contributed by atoms with Crippen LogP contribution >= 0.6 is 11.6 Å². The van der Waals surface area contributed by atoms with Crippen molar-refractivity contribution in [3.05, 3.63) is 34.9 Å².